The summed E-state index contributed by atoms with van der Waals surface area (Å²) >= 11 is 0. The minimum atomic E-state index is -0.999. The molecule has 2 rings (SSSR count). The zero-order valence-corrected chi connectivity index (χ0v) is 7.04. The summed E-state index contributed by atoms with van der Waals surface area (Å²) in [5.41, 5.74) is 0.709. The highest BCUT2D eigenvalue weighted by molar-refractivity contribution is 5.87. The lowest BCUT2D eigenvalue weighted by molar-refractivity contribution is 0.0696. The first-order valence-electron chi connectivity index (χ1n) is 3.85. The van der Waals surface area contributed by atoms with Crippen LogP contribution in [0.2, 0.25) is 0 Å². The molecule has 0 amide bonds. The van der Waals surface area contributed by atoms with Gasteiger partial charge in [0.25, 0.3) is 0 Å². The maximum Gasteiger partial charge on any atom is 0.337 e. The number of rotatable bonds is 2. The molecule has 2 aromatic rings. The van der Waals surface area contributed by atoms with Crippen LogP contribution in [0.15, 0.2) is 35.3 Å². The molecule has 0 radical (unpaired) electrons. The minimum absolute atomic E-state index is 0.147. The van der Waals surface area contributed by atoms with Gasteiger partial charge in [-0.3, -0.25) is 4.98 Å². The van der Waals surface area contributed by atoms with Gasteiger partial charge in [0.2, 0.25) is 0 Å². The van der Waals surface area contributed by atoms with Crippen molar-refractivity contribution in [2.24, 2.45) is 0 Å². The molecule has 2 aromatic heterocycles. The molecule has 0 aromatic carbocycles. The summed E-state index contributed by atoms with van der Waals surface area (Å²) in [7, 11) is 0. The first-order valence-corrected chi connectivity index (χ1v) is 3.85. The van der Waals surface area contributed by atoms with E-state index in [0.29, 0.717) is 11.5 Å². The molecular formula is C9H6N2O3. The van der Waals surface area contributed by atoms with Crippen molar-refractivity contribution in [3.63, 3.8) is 0 Å². The third kappa shape index (κ3) is 1.47. The topological polar surface area (TPSA) is 76.2 Å². The van der Waals surface area contributed by atoms with Crippen LogP contribution in [0.1, 0.15) is 10.4 Å². The highest BCUT2D eigenvalue weighted by Gasteiger charge is 2.05. The van der Waals surface area contributed by atoms with E-state index in [9.17, 15) is 4.79 Å². The quantitative estimate of drug-likeness (QED) is 0.775. The van der Waals surface area contributed by atoms with Gasteiger partial charge in [-0.15, -0.1) is 0 Å². The number of hydrogen-bond donors (Lipinski definition) is 1. The highest BCUT2D eigenvalue weighted by atomic mass is 16.4. The van der Waals surface area contributed by atoms with Gasteiger partial charge >= 0.3 is 5.97 Å². The lowest BCUT2D eigenvalue weighted by Crippen LogP contribution is -1.96. The number of pyridine rings is 1. The smallest absolute Gasteiger partial charge is 0.337 e. The Kier molecular flexibility index (Phi) is 1.98. The standard InChI is InChI=1S/C9H6N2O3/c12-9(13)6-1-2-7(11-3-6)8-4-10-5-14-8/h1-5H,(H,12,13). The summed E-state index contributed by atoms with van der Waals surface area (Å²) in [6.07, 6.45) is 4.09. The Morgan fingerprint density at radius 2 is 2.21 bits per heavy atom. The number of aromatic nitrogens is 2. The third-order valence-corrected chi connectivity index (χ3v) is 1.70. The molecule has 0 spiro atoms. The Hall–Kier alpha value is -2.17. The predicted molar refractivity (Wildman–Crippen MR) is 46.7 cm³/mol. The molecule has 5 nitrogen and oxygen atoms in total. The summed E-state index contributed by atoms with van der Waals surface area (Å²) in [5, 5.41) is 8.63. The van der Waals surface area contributed by atoms with Crippen LogP contribution in [0, 0.1) is 0 Å². The fraction of sp³-hybridized carbons (Fsp3) is 0. The van der Waals surface area contributed by atoms with E-state index in [1.54, 1.807) is 6.07 Å². The van der Waals surface area contributed by atoms with E-state index in [1.165, 1.54) is 24.9 Å². The van der Waals surface area contributed by atoms with E-state index < -0.39 is 5.97 Å². The molecule has 5 heteroatoms. The van der Waals surface area contributed by atoms with Crippen LogP contribution in [0.5, 0.6) is 0 Å². The lowest BCUT2D eigenvalue weighted by Gasteiger charge is -1.95. The predicted octanol–water partition coefficient (Wildman–Crippen LogP) is 1.43. The van der Waals surface area contributed by atoms with Crippen molar-refractivity contribution in [3.8, 4) is 11.5 Å². The number of oxazole rings is 1. The number of carboxylic acid groups (broad SMARTS) is 1. The molecular weight excluding hydrogens is 184 g/mol. The summed E-state index contributed by atoms with van der Waals surface area (Å²) in [4.78, 5) is 18.2. The number of carboxylic acids is 1. The maximum atomic E-state index is 10.5. The van der Waals surface area contributed by atoms with Crippen molar-refractivity contribution < 1.29 is 14.3 Å². The fourth-order valence-corrected chi connectivity index (χ4v) is 1.01. The summed E-state index contributed by atoms with van der Waals surface area (Å²) < 4.78 is 5.00. The van der Waals surface area contributed by atoms with Gasteiger partial charge < -0.3 is 9.52 Å². The largest absolute Gasteiger partial charge is 0.478 e. The van der Waals surface area contributed by atoms with Gasteiger partial charge in [-0.2, -0.15) is 0 Å². The monoisotopic (exact) mass is 190 g/mol. The molecule has 0 bridgehead atoms. The van der Waals surface area contributed by atoms with Crippen LogP contribution in [-0.2, 0) is 0 Å². The van der Waals surface area contributed by atoms with E-state index in [4.69, 9.17) is 9.52 Å². The van der Waals surface area contributed by atoms with E-state index in [0.717, 1.165) is 0 Å². The Balaban J connectivity index is 2.36. The van der Waals surface area contributed by atoms with Crippen molar-refractivity contribution in [1.29, 1.82) is 0 Å². The molecule has 0 saturated heterocycles. The van der Waals surface area contributed by atoms with Gasteiger partial charge in [0.05, 0.1) is 11.8 Å². The first kappa shape index (κ1) is 8.43. The van der Waals surface area contributed by atoms with Crippen LogP contribution < -0.4 is 0 Å². The summed E-state index contributed by atoms with van der Waals surface area (Å²) in [5.74, 6) is -0.483. The zero-order chi connectivity index (χ0) is 9.97. The molecule has 0 aliphatic rings. The Morgan fingerprint density at radius 3 is 2.71 bits per heavy atom. The third-order valence-electron chi connectivity index (χ3n) is 1.70. The van der Waals surface area contributed by atoms with Gasteiger partial charge in [0.15, 0.2) is 12.2 Å². The second kappa shape index (κ2) is 3.29. The molecule has 0 saturated carbocycles. The van der Waals surface area contributed by atoms with Crippen LogP contribution in [0.3, 0.4) is 0 Å². The average Bonchev–Trinajstić information content (AvgIpc) is 2.71. The molecule has 0 fully saturated rings. The number of hydrogen-bond acceptors (Lipinski definition) is 4. The summed E-state index contributed by atoms with van der Waals surface area (Å²) in [6.45, 7) is 0. The zero-order valence-electron chi connectivity index (χ0n) is 7.04. The molecule has 2 heterocycles. The van der Waals surface area contributed by atoms with E-state index >= 15 is 0 Å². The molecule has 0 unspecified atom stereocenters. The highest BCUT2D eigenvalue weighted by Crippen LogP contribution is 2.15. The molecule has 1 N–H and O–H groups in total. The van der Waals surface area contributed by atoms with Gasteiger partial charge in [-0.05, 0) is 12.1 Å². The fourth-order valence-electron chi connectivity index (χ4n) is 1.01. The molecule has 0 aliphatic heterocycles. The van der Waals surface area contributed by atoms with Crippen LogP contribution in [0.25, 0.3) is 11.5 Å². The molecule has 0 atom stereocenters. The van der Waals surface area contributed by atoms with Gasteiger partial charge in [0, 0.05) is 6.20 Å². The number of aromatic carboxylic acids is 1. The van der Waals surface area contributed by atoms with E-state index in [-0.39, 0.29) is 5.56 Å². The average molecular weight is 190 g/mol. The van der Waals surface area contributed by atoms with E-state index in [1.807, 2.05) is 0 Å². The second-order valence-corrected chi connectivity index (χ2v) is 2.60. The van der Waals surface area contributed by atoms with Gasteiger partial charge in [0.1, 0.15) is 5.69 Å². The maximum absolute atomic E-state index is 10.5. The minimum Gasteiger partial charge on any atom is -0.478 e. The number of carbonyl (C=O) groups is 1. The SMILES string of the molecule is O=C(O)c1ccc(-c2cnco2)nc1. The Bertz CT molecular complexity index is 434. The van der Waals surface area contributed by atoms with Crippen molar-refractivity contribution in [1.82, 2.24) is 9.97 Å². The molecule has 70 valence electrons. The van der Waals surface area contributed by atoms with Gasteiger partial charge in [-0.25, -0.2) is 9.78 Å². The van der Waals surface area contributed by atoms with Crippen molar-refractivity contribution in [2.45, 2.75) is 0 Å². The lowest BCUT2D eigenvalue weighted by atomic mass is 10.2. The molecule has 14 heavy (non-hydrogen) atoms. The summed E-state index contributed by atoms with van der Waals surface area (Å²) in [6, 6.07) is 3.04. The van der Waals surface area contributed by atoms with E-state index in [2.05, 4.69) is 9.97 Å². The molecule has 0 aliphatic carbocycles. The van der Waals surface area contributed by atoms with Gasteiger partial charge in [-0.1, -0.05) is 0 Å². The van der Waals surface area contributed by atoms with Crippen molar-refractivity contribution >= 4 is 5.97 Å². The van der Waals surface area contributed by atoms with Crippen molar-refractivity contribution in [2.75, 3.05) is 0 Å². The Labute approximate surface area is 79.0 Å². The van der Waals surface area contributed by atoms with Crippen LogP contribution >= 0.6 is 0 Å². The van der Waals surface area contributed by atoms with Crippen LogP contribution in [0.4, 0.5) is 0 Å². The second-order valence-electron chi connectivity index (χ2n) is 2.60. The van der Waals surface area contributed by atoms with Crippen molar-refractivity contribution in [3.05, 3.63) is 36.5 Å². The normalized spacial score (nSPS) is 10.0. The number of nitrogens with zero attached hydrogens (tertiary/aromatic N) is 2. The first-order chi connectivity index (χ1) is 6.77. The Morgan fingerprint density at radius 1 is 1.36 bits per heavy atom. The van der Waals surface area contributed by atoms with Crippen LogP contribution in [-0.4, -0.2) is 21.0 Å².